The lowest BCUT2D eigenvalue weighted by atomic mass is 10.4. The number of aromatic nitrogens is 2. The number of hydrogen-bond acceptors (Lipinski definition) is 3. The molecule has 2 aromatic heterocycles. The van der Waals surface area contributed by atoms with Gasteiger partial charge in [-0.3, -0.25) is 14.0 Å². The highest BCUT2D eigenvalue weighted by atomic mass is 79.9. The highest BCUT2D eigenvalue weighted by Gasteiger charge is 2.17. The fourth-order valence-electron chi connectivity index (χ4n) is 1.61. The summed E-state index contributed by atoms with van der Waals surface area (Å²) in [7, 11) is 0. The van der Waals surface area contributed by atoms with Crippen LogP contribution >= 0.6 is 15.9 Å². The third-order valence-corrected chi connectivity index (χ3v) is 3.23. The predicted octanol–water partition coefficient (Wildman–Crippen LogP) is 0.963. The molecule has 0 aromatic carbocycles. The SMILES string of the molecule is CCNC(=O)CNC(=O)c1nc2ccccn2c1Br. The molecule has 19 heavy (non-hydrogen) atoms. The van der Waals surface area contributed by atoms with E-state index in [2.05, 4.69) is 31.5 Å². The van der Waals surface area contributed by atoms with Gasteiger partial charge in [-0.25, -0.2) is 4.98 Å². The Kier molecular flexibility index (Phi) is 4.16. The van der Waals surface area contributed by atoms with Crippen molar-refractivity contribution in [2.24, 2.45) is 0 Å². The Balaban J connectivity index is 2.13. The van der Waals surface area contributed by atoms with Crippen LogP contribution in [-0.2, 0) is 4.79 Å². The van der Waals surface area contributed by atoms with Gasteiger partial charge in [0.15, 0.2) is 5.69 Å². The largest absolute Gasteiger partial charge is 0.355 e. The molecule has 2 heterocycles. The molecule has 0 atom stereocenters. The number of fused-ring (bicyclic) bond motifs is 1. The summed E-state index contributed by atoms with van der Waals surface area (Å²) in [5.74, 6) is -0.613. The molecule has 100 valence electrons. The lowest BCUT2D eigenvalue weighted by Gasteiger charge is -2.03. The van der Waals surface area contributed by atoms with E-state index in [0.29, 0.717) is 16.8 Å². The highest BCUT2D eigenvalue weighted by molar-refractivity contribution is 9.10. The van der Waals surface area contributed by atoms with Gasteiger partial charge < -0.3 is 10.6 Å². The van der Waals surface area contributed by atoms with E-state index in [0.717, 1.165) is 0 Å². The maximum absolute atomic E-state index is 11.9. The summed E-state index contributed by atoms with van der Waals surface area (Å²) in [6.07, 6.45) is 1.80. The van der Waals surface area contributed by atoms with Crippen LogP contribution in [0.4, 0.5) is 0 Å². The Morgan fingerprint density at radius 2 is 2.16 bits per heavy atom. The maximum atomic E-state index is 11.9. The molecule has 0 radical (unpaired) electrons. The number of pyridine rings is 1. The van der Waals surface area contributed by atoms with Gasteiger partial charge in [-0.05, 0) is 35.0 Å². The van der Waals surface area contributed by atoms with E-state index >= 15 is 0 Å². The van der Waals surface area contributed by atoms with E-state index in [1.807, 2.05) is 19.1 Å². The Hall–Kier alpha value is -1.89. The number of carbonyl (C=O) groups excluding carboxylic acids is 2. The van der Waals surface area contributed by atoms with Crippen molar-refractivity contribution in [2.45, 2.75) is 6.92 Å². The van der Waals surface area contributed by atoms with Gasteiger partial charge in [0, 0.05) is 12.7 Å². The summed E-state index contributed by atoms with van der Waals surface area (Å²) in [6, 6.07) is 5.48. The molecule has 0 fully saturated rings. The molecule has 0 unspecified atom stereocenters. The zero-order chi connectivity index (χ0) is 13.8. The predicted molar refractivity (Wildman–Crippen MR) is 73.9 cm³/mol. The topological polar surface area (TPSA) is 75.5 Å². The molecular formula is C12H13BrN4O2. The molecule has 7 heteroatoms. The summed E-state index contributed by atoms with van der Waals surface area (Å²) in [4.78, 5) is 27.4. The van der Waals surface area contributed by atoms with E-state index in [4.69, 9.17) is 0 Å². The molecule has 2 amide bonds. The van der Waals surface area contributed by atoms with Crippen LogP contribution in [0.25, 0.3) is 5.65 Å². The van der Waals surface area contributed by atoms with Gasteiger partial charge in [0.25, 0.3) is 5.91 Å². The van der Waals surface area contributed by atoms with E-state index in [1.54, 1.807) is 16.7 Å². The van der Waals surface area contributed by atoms with Crippen molar-refractivity contribution in [3.63, 3.8) is 0 Å². The van der Waals surface area contributed by atoms with Crippen LogP contribution in [0.2, 0.25) is 0 Å². The van der Waals surface area contributed by atoms with Gasteiger partial charge in [-0.15, -0.1) is 0 Å². The second-order valence-electron chi connectivity index (χ2n) is 3.82. The number of nitrogens with one attached hydrogen (secondary N) is 2. The van der Waals surface area contributed by atoms with Crippen LogP contribution in [0.15, 0.2) is 29.0 Å². The second kappa shape index (κ2) is 5.83. The van der Waals surface area contributed by atoms with Crippen molar-refractivity contribution in [1.82, 2.24) is 20.0 Å². The number of rotatable bonds is 4. The highest BCUT2D eigenvalue weighted by Crippen LogP contribution is 2.18. The zero-order valence-corrected chi connectivity index (χ0v) is 11.9. The van der Waals surface area contributed by atoms with Crippen LogP contribution in [0.1, 0.15) is 17.4 Å². The number of halogens is 1. The van der Waals surface area contributed by atoms with Crippen molar-refractivity contribution >= 4 is 33.4 Å². The molecule has 0 spiro atoms. The number of carbonyl (C=O) groups is 2. The van der Waals surface area contributed by atoms with Gasteiger partial charge in [-0.2, -0.15) is 0 Å². The number of amides is 2. The molecule has 0 saturated heterocycles. The molecule has 6 nitrogen and oxygen atoms in total. The maximum Gasteiger partial charge on any atom is 0.273 e. The van der Waals surface area contributed by atoms with E-state index < -0.39 is 0 Å². The molecule has 0 bridgehead atoms. The van der Waals surface area contributed by atoms with Crippen molar-refractivity contribution < 1.29 is 9.59 Å². The number of hydrogen-bond donors (Lipinski definition) is 2. The molecule has 0 aliphatic heterocycles. The summed E-state index contributed by atoms with van der Waals surface area (Å²) in [5, 5.41) is 5.13. The molecule has 0 aliphatic carbocycles. The van der Waals surface area contributed by atoms with Crippen LogP contribution in [-0.4, -0.2) is 34.3 Å². The summed E-state index contributed by atoms with van der Waals surface area (Å²) in [6.45, 7) is 2.29. The van der Waals surface area contributed by atoms with Crippen LogP contribution in [0.3, 0.4) is 0 Å². The molecule has 2 aromatic rings. The van der Waals surface area contributed by atoms with Crippen molar-refractivity contribution in [1.29, 1.82) is 0 Å². The Morgan fingerprint density at radius 3 is 2.84 bits per heavy atom. The lowest BCUT2D eigenvalue weighted by Crippen LogP contribution is -2.37. The first-order valence-electron chi connectivity index (χ1n) is 5.81. The fraction of sp³-hybridized carbons (Fsp3) is 0.250. The molecular weight excluding hydrogens is 312 g/mol. The zero-order valence-electron chi connectivity index (χ0n) is 10.3. The fourth-order valence-corrected chi connectivity index (χ4v) is 2.18. The molecule has 2 rings (SSSR count). The lowest BCUT2D eigenvalue weighted by molar-refractivity contribution is -0.120. The van der Waals surface area contributed by atoms with Crippen LogP contribution in [0, 0.1) is 0 Å². The smallest absolute Gasteiger partial charge is 0.273 e. The number of imidazole rings is 1. The third kappa shape index (κ3) is 2.93. The van der Waals surface area contributed by atoms with Crippen molar-refractivity contribution in [3.05, 3.63) is 34.7 Å². The number of nitrogens with zero attached hydrogens (tertiary/aromatic N) is 2. The Morgan fingerprint density at radius 1 is 1.37 bits per heavy atom. The van der Waals surface area contributed by atoms with E-state index in [1.165, 1.54) is 0 Å². The van der Waals surface area contributed by atoms with Gasteiger partial charge in [0.05, 0.1) is 6.54 Å². The summed E-state index contributed by atoms with van der Waals surface area (Å²) < 4.78 is 2.32. The average molecular weight is 325 g/mol. The van der Waals surface area contributed by atoms with Crippen molar-refractivity contribution in [3.8, 4) is 0 Å². The minimum absolute atomic E-state index is 0.0625. The third-order valence-electron chi connectivity index (χ3n) is 2.47. The molecule has 0 saturated carbocycles. The summed E-state index contributed by atoms with van der Waals surface area (Å²) >= 11 is 3.33. The Labute approximate surface area is 118 Å². The molecule has 0 aliphatic rings. The van der Waals surface area contributed by atoms with Crippen LogP contribution in [0.5, 0.6) is 0 Å². The normalized spacial score (nSPS) is 10.4. The second-order valence-corrected chi connectivity index (χ2v) is 4.57. The monoisotopic (exact) mass is 324 g/mol. The van der Waals surface area contributed by atoms with Gasteiger partial charge >= 0.3 is 0 Å². The standard InChI is InChI=1S/C12H13BrN4O2/c1-2-14-9(18)7-15-12(19)10-11(13)17-6-4-3-5-8(17)16-10/h3-6H,2,7H2,1H3,(H,14,18)(H,15,19). The van der Waals surface area contributed by atoms with E-state index in [9.17, 15) is 9.59 Å². The first-order chi connectivity index (χ1) is 9.13. The van der Waals surface area contributed by atoms with E-state index in [-0.39, 0.29) is 24.1 Å². The first-order valence-corrected chi connectivity index (χ1v) is 6.60. The summed E-state index contributed by atoms with van der Waals surface area (Å²) in [5.41, 5.74) is 0.924. The minimum atomic E-state index is -0.387. The molecule has 2 N–H and O–H groups in total. The van der Waals surface area contributed by atoms with Crippen molar-refractivity contribution in [2.75, 3.05) is 13.1 Å². The number of likely N-dealkylation sites (N-methyl/N-ethyl adjacent to an activating group) is 1. The minimum Gasteiger partial charge on any atom is -0.355 e. The quantitative estimate of drug-likeness (QED) is 0.879. The van der Waals surface area contributed by atoms with Gasteiger partial charge in [0.2, 0.25) is 5.91 Å². The Bertz CT molecular complexity index is 623. The average Bonchev–Trinajstić information content (AvgIpc) is 2.74. The van der Waals surface area contributed by atoms with Gasteiger partial charge in [0.1, 0.15) is 10.3 Å². The first kappa shape index (κ1) is 13.5. The van der Waals surface area contributed by atoms with Gasteiger partial charge in [-0.1, -0.05) is 6.07 Å². The van der Waals surface area contributed by atoms with Crippen LogP contribution < -0.4 is 10.6 Å².